The first-order valence-corrected chi connectivity index (χ1v) is 6.35. The van der Waals surface area contributed by atoms with Gasteiger partial charge in [0, 0.05) is 14.1 Å². The first-order chi connectivity index (χ1) is 8.25. The van der Waals surface area contributed by atoms with Crippen molar-refractivity contribution in [3.8, 4) is 0 Å². The summed E-state index contributed by atoms with van der Waals surface area (Å²) in [6, 6.07) is 3.86. The fraction of sp³-hybridized carbons (Fsp3) is 0.200. The lowest BCUT2D eigenvalue weighted by molar-refractivity contribution is 0.483. The van der Waals surface area contributed by atoms with Gasteiger partial charge in [-0.3, -0.25) is 18.5 Å². The molecule has 0 spiro atoms. The third-order valence-corrected chi connectivity index (χ3v) is 3.61. The van der Waals surface area contributed by atoms with Crippen molar-refractivity contribution in [2.45, 2.75) is 4.90 Å². The smallest absolute Gasteiger partial charge is 0.295 e. The maximum absolute atomic E-state index is 11.9. The normalized spacial score (nSPS) is 11.9. The molecule has 2 rings (SSSR count). The molecule has 0 aliphatic rings. The zero-order valence-electron chi connectivity index (χ0n) is 9.61. The highest BCUT2D eigenvalue weighted by molar-refractivity contribution is 7.86. The average Bonchev–Trinajstić information content (AvgIpc) is 2.31. The molecule has 0 radical (unpaired) electrons. The van der Waals surface area contributed by atoms with Gasteiger partial charge in [0.2, 0.25) is 0 Å². The van der Waals surface area contributed by atoms with E-state index in [4.69, 9.17) is 4.55 Å². The van der Waals surface area contributed by atoms with Gasteiger partial charge in [-0.1, -0.05) is 6.07 Å². The lowest BCUT2D eigenvalue weighted by Gasteiger charge is -2.09. The molecule has 0 unspecified atom stereocenters. The molecule has 0 amide bonds. The van der Waals surface area contributed by atoms with Crippen LogP contribution in [0.4, 0.5) is 0 Å². The van der Waals surface area contributed by atoms with Gasteiger partial charge in [0.15, 0.2) is 0 Å². The zero-order chi connectivity index (χ0) is 13.7. The summed E-state index contributed by atoms with van der Waals surface area (Å²) in [4.78, 5) is 23.1. The fourth-order valence-electron chi connectivity index (χ4n) is 1.84. The van der Waals surface area contributed by atoms with Crippen LogP contribution in [0.2, 0.25) is 0 Å². The van der Waals surface area contributed by atoms with Crippen molar-refractivity contribution in [2.24, 2.45) is 14.1 Å². The highest BCUT2D eigenvalue weighted by Crippen LogP contribution is 2.18. The van der Waals surface area contributed by atoms with E-state index in [2.05, 4.69) is 0 Å². The van der Waals surface area contributed by atoms with Gasteiger partial charge in [0.25, 0.3) is 15.7 Å². The van der Waals surface area contributed by atoms with Crippen molar-refractivity contribution in [1.82, 2.24) is 9.13 Å². The number of nitrogens with zero attached hydrogens (tertiary/aromatic N) is 2. The molecule has 96 valence electrons. The van der Waals surface area contributed by atoms with Crippen molar-refractivity contribution < 1.29 is 13.0 Å². The van der Waals surface area contributed by atoms with Crippen molar-refractivity contribution in [1.29, 1.82) is 0 Å². The van der Waals surface area contributed by atoms with Crippen molar-refractivity contribution in [2.75, 3.05) is 0 Å². The van der Waals surface area contributed by atoms with Crippen molar-refractivity contribution >= 4 is 21.0 Å². The van der Waals surface area contributed by atoms with Crippen LogP contribution in [0.25, 0.3) is 10.9 Å². The van der Waals surface area contributed by atoms with Gasteiger partial charge in [0.1, 0.15) is 4.90 Å². The molecule has 0 aliphatic heterocycles. The van der Waals surface area contributed by atoms with Crippen LogP contribution in [-0.4, -0.2) is 22.1 Å². The van der Waals surface area contributed by atoms with Gasteiger partial charge in [-0.05, 0) is 12.1 Å². The Hall–Kier alpha value is -1.93. The number of para-hydroxylation sites is 1. The first-order valence-electron chi connectivity index (χ1n) is 4.91. The Kier molecular flexibility index (Phi) is 2.63. The minimum absolute atomic E-state index is 0.0507. The number of hydrogen-bond donors (Lipinski definition) is 1. The van der Waals surface area contributed by atoms with E-state index >= 15 is 0 Å². The van der Waals surface area contributed by atoms with Gasteiger partial charge < -0.3 is 0 Å². The SMILES string of the molecule is Cn1c(=O)c2cccc(S(=O)(=O)O)c2n(C)c1=O. The quantitative estimate of drug-likeness (QED) is 0.703. The molecule has 1 aromatic carbocycles. The number of aryl methyl sites for hydroxylation is 1. The summed E-state index contributed by atoms with van der Waals surface area (Å²) >= 11 is 0. The average molecular weight is 270 g/mol. The van der Waals surface area contributed by atoms with Crippen LogP contribution in [-0.2, 0) is 24.2 Å². The molecular weight excluding hydrogens is 260 g/mol. The Balaban J connectivity index is 3.24. The molecule has 8 heteroatoms. The molecule has 2 aromatic rings. The Morgan fingerprint density at radius 3 is 2.28 bits per heavy atom. The highest BCUT2D eigenvalue weighted by atomic mass is 32.2. The van der Waals surface area contributed by atoms with E-state index in [1.807, 2.05) is 0 Å². The molecule has 1 aromatic heterocycles. The Labute approximate surface area is 102 Å². The molecule has 18 heavy (non-hydrogen) atoms. The summed E-state index contributed by atoms with van der Waals surface area (Å²) in [5.41, 5.74) is -1.38. The van der Waals surface area contributed by atoms with Crippen LogP contribution >= 0.6 is 0 Å². The highest BCUT2D eigenvalue weighted by Gasteiger charge is 2.19. The van der Waals surface area contributed by atoms with Crippen LogP contribution in [0.3, 0.4) is 0 Å². The lowest BCUT2D eigenvalue weighted by Crippen LogP contribution is -2.37. The Morgan fingerprint density at radius 2 is 1.72 bits per heavy atom. The Bertz CT molecular complexity index is 860. The minimum Gasteiger partial charge on any atom is -0.295 e. The largest absolute Gasteiger partial charge is 0.330 e. The van der Waals surface area contributed by atoms with E-state index in [9.17, 15) is 18.0 Å². The van der Waals surface area contributed by atoms with Gasteiger partial charge in [0.05, 0.1) is 10.9 Å². The third kappa shape index (κ3) is 1.66. The van der Waals surface area contributed by atoms with Crippen LogP contribution < -0.4 is 11.2 Å². The molecule has 0 atom stereocenters. The number of aromatic nitrogens is 2. The second-order valence-electron chi connectivity index (χ2n) is 3.83. The van der Waals surface area contributed by atoms with E-state index in [1.54, 1.807) is 0 Å². The van der Waals surface area contributed by atoms with E-state index in [1.165, 1.54) is 26.2 Å². The predicted molar refractivity (Wildman–Crippen MR) is 64.2 cm³/mol. The molecule has 0 saturated carbocycles. The Morgan fingerprint density at radius 1 is 1.11 bits per heavy atom. The summed E-state index contributed by atoms with van der Waals surface area (Å²) in [7, 11) is -1.88. The van der Waals surface area contributed by atoms with Gasteiger partial charge in [-0.2, -0.15) is 8.42 Å². The molecule has 0 fully saturated rings. The van der Waals surface area contributed by atoms with Crippen molar-refractivity contribution in [3.05, 3.63) is 39.0 Å². The van der Waals surface area contributed by atoms with Crippen LogP contribution in [0.5, 0.6) is 0 Å². The monoisotopic (exact) mass is 270 g/mol. The van der Waals surface area contributed by atoms with E-state index in [-0.39, 0.29) is 10.9 Å². The summed E-state index contributed by atoms with van der Waals surface area (Å²) in [5.74, 6) is 0. The lowest BCUT2D eigenvalue weighted by atomic mass is 10.2. The molecule has 0 saturated heterocycles. The molecule has 7 nitrogen and oxygen atoms in total. The zero-order valence-corrected chi connectivity index (χ0v) is 10.4. The number of benzene rings is 1. The predicted octanol–water partition coefficient (Wildman–Crippen LogP) is -0.516. The topological polar surface area (TPSA) is 98.4 Å². The van der Waals surface area contributed by atoms with Crippen LogP contribution in [0, 0.1) is 0 Å². The molecule has 1 N–H and O–H groups in total. The van der Waals surface area contributed by atoms with Crippen LogP contribution in [0.15, 0.2) is 32.7 Å². The minimum atomic E-state index is -4.51. The van der Waals surface area contributed by atoms with Crippen molar-refractivity contribution in [3.63, 3.8) is 0 Å². The maximum Gasteiger partial charge on any atom is 0.330 e. The number of fused-ring (bicyclic) bond motifs is 1. The van der Waals surface area contributed by atoms with Crippen LogP contribution in [0.1, 0.15) is 0 Å². The standard InChI is InChI=1S/C10H10N2O5S/c1-11-8-6(9(13)12(2)10(11)14)4-3-5-7(8)18(15,16)17/h3-5H,1-2H3,(H,15,16,17). The maximum atomic E-state index is 11.9. The van der Waals surface area contributed by atoms with Gasteiger partial charge in [-0.25, -0.2) is 4.79 Å². The molecule has 0 bridgehead atoms. The van der Waals surface area contributed by atoms with E-state index < -0.39 is 26.3 Å². The molecule has 0 aliphatic carbocycles. The molecular formula is C10H10N2O5S. The van der Waals surface area contributed by atoms with E-state index in [0.717, 1.165) is 15.2 Å². The number of hydrogen-bond acceptors (Lipinski definition) is 4. The summed E-state index contributed by atoms with van der Waals surface area (Å²) < 4.78 is 33.5. The summed E-state index contributed by atoms with van der Waals surface area (Å²) in [6.07, 6.45) is 0. The number of rotatable bonds is 1. The van der Waals surface area contributed by atoms with Gasteiger partial charge >= 0.3 is 5.69 Å². The van der Waals surface area contributed by atoms with E-state index in [0.29, 0.717) is 0 Å². The fourth-order valence-corrected chi connectivity index (χ4v) is 2.58. The van der Waals surface area contributed by atoms with Gasteiger partial charge in [-0.15, -0.1) is 0 Å². The summed E-state index contributed by atoms with van der Waals surface area (Å²) in [5, 5.41) is 0.0507. The third-order valence-electron chi connectivity index (χ3n) is 2.72. The summed E-state index contributed by atoms with van der Waals surface area (Å²) in [6.45, 7) is 0. The first kappa shape index (κ1) is 12.5. The molecule has 1 heterocycles. The second-order valence-corrected chi connectivity index (χ2v) is 5.22. The second kappa shape index (κ2) is 3.79.